The Labute approximate surface area is 99.7 Å². The molecule has 0 spiro atoms. The normalized spacial score (nSPS) is 20.2. The Hall–Kier alpha value is -1.11. The molecule has 1 heteroatoms. The highest BCUT2D eigenvalue weighted by Gasteiger charge is 2.18. The van der Waals surface area contributed by atoms with Crippen molar-refractivity contribution in [3.05, 3.63) is 35.6 Å². The molecular weight excluding hydrogens is 194 g/mol. The Kier molecular flexibility index (Phi) is 4.28. The minimum atomic E-state index is 0.524. The molecule has 1 aliphatic rings. The van der Waals surface area contributed by atoms with Crippen molar-refractivity contribution in [3.63, 3.8) is 0 Å². The Bertz CT molecular complexity index is 365. The van der Waals surface area contributed by atoms with Crippen LogP contribution < -0.4 is 0 Å². The van der Waals surface area contributed by atoms with Crippen molar-refractivity contribution in [1.82, 2.24) is 0 Å². The van der Waals surface area contributed by atoms with E-state index >= 15 is 0 Å². The summed E-state index contributed by atoms with van der Waals surface area (Å²) >= 11 is 0. The van der Waals surface area contributed by atoms with E-state index in [1.165, 1.54) is 11.3 Å². The van der Waals surface area contributed by atoms with Crippen LogP contribution in [0.4, 0.5) is 0 Å². The zero-order valence-electron chi connectivity index (χ0n) is 11.2. The molecule has 0 atom stereocenters. The highest BCUT2D eigenvalue weighted by Crippen LogP contribution is 2.28. The molecule has 0 aromatic heterocycles. The van der Waals surface area contributed by atoms with Gasteiger partial charge in [0.05, 0.1) is 5.70 Å². The first-order valence-electron chi connectivity index (χ1n) is 6.09. The maximum atomic E-state index is 4.68. The third-order valence-corrected chi connectivity index (χ3v) is 2.99. The third kappa shape index (κ3) is 2.94. The molecule has 88 valence electrons. The third-order valence-electron chi connectivity index (χ3n) is 2.99. The molecule has 0 fully saturated rings. The first kappa shape index (κ1) is 13.0. The summed E-state index contributed by atoms with van der Waals surface area (Å²) in [7, 11) is 0. The summed E-state index contributed by atoms with van der Waals surface area (Å²) in [6.45, 7) is 15.0. The molecule has 16 heavy (non-hydrogen) atoms. The minimum Gasteiger partial charge on any atom is -0.257 e. The van der Waals surface area contributed by atoms with E-state index in [1.54, 1.807) is 0 Å². The van der Waals surface area contributed by atoms with Gasteiger partial charge in [0.15, 0.2) is 0 Å². The summed E-state index contributed by atoms with van der Waals surface area (Å²) in [6.07, 6.45) is 5.29. The van der Waals surface area contributed by atoms with Crippen LogP contribution in [0.25, 0.3) is 0 Å². The number of rotatable bonds is 3. The monoisotopic (exact) mass is 217 g/mol. The summed E-state index contributed by atoms with van der Waals surface area (Å²) in [6, 6.07) is 0. The van der Waals surface area contributed by atoms with Crippen molar-refractivity contribution in [2.24, 2.45) is 16.8 Å². The molecule has 0 saturated carbocycles. The molecule has 0 amide bonds. The summed E-state index contributed by atoms with van der Waals surface area (Å²) in [5, 5.41) is 0. The van der Waals surface area contributed by atoms with Gasteiger partial charge in [0, 0.05) is 12.1 Å². The molecule has 1 heterocycles. The summed E-state index contributed by atoms with van der Waals surface area (Å²) in [4.78, 5) is 4.68. The average Bonchev–Trinajstić information content (AvgIpc) is 2.56. The lowest BCUT2D eigenvalue weighted by molar-refractivity contribution is 0.788. The van der Waals surface area contributed by atoms with Gasteiger partial charge < -0.3 is 0 Å². The maximum absolute atomic E-state index is 4.68. The topological polar surface area (TPSA) is 12.4 Å². The van der Waals surface area contributed by atoms with Gasteiger partial charge in [-0.2, -0.15) is 0 Å². The summed E-state index contributed by atoms with van der Waals surface area (Å²) in [5.74, 6) is 1.07. The second kappa shape index (κ2) is 5.29. The fraction of sp³-hybridized carbons (Fsp3) is 0.533. The minimum absolute atomic E-state index is 0.524. The van der Waals surface area contributed by atoms with Crippen LogP contribution in [0.3, 0.4) is 0 Å². The molecule has 1 aliphatic heterocycles. The fourth-order valence-corrected chi connectivity index (χ4v) is 1.79. The number of hydrogen-bond donors (Lipinski definition) is 0. The first-order valence-corrected chi connectivity index (χ1v) is 6.09. The van der Waals surface area contributed by atoms with E-state index in [0.29, 0.717) is 11.8 Å². The van der Waals surface area contributed by atoms with Crippen LogP contribution in [0, 0.1) is 11.8 Å². The largest absolute Gasteiger partial charge is 0.257 e. The molecule has 0 bridgehead atoms. The standard InChI is InChI=1S/C15H23N/c1-7-13(10(2)3)9-15-12(6)8-14(16-15)11(4)5/h7,9-11H,6,8H2,1-5H3/b13-7+,15-9+. The molecule has 0 saturated heterocycles. The molecule has 0 aliphatic carbocycles. The smallest absolute Gasteiger partial charge is 0.0661 e. The van der Waals surface area contributed by atoms with Crippen molar-refractivity contribution in [2.75, 3.05) is 0 Å². The summed E-state index contributed by atoms with van der Waals surface area (Å²) < 4.78 is 0. The molecule has 0 radical (unpaired) electrons. The van der Waals surface area contributed by atoms with E-state index in [0.717, 1.165) is 17.7 Å². The van der Waals surface area contributed by atoms with Gasteiger partial charge in [-0.15, -0.1) is 0 Å². The van der Waals surface area contributed by atoms with Gasteiger partial charge >= 0.3 is 0 Å². The zero-order valence-corrected chi connectivity index (χ0v) is 11.2. The zero-order chi connectivity index (χ0) is 12.3. The van der Waals surface area contributed by atoms with E-state index < -0.39 is 0 Å². The van der Waals surface area contributed by atoms with Gasteiger partial charge in [0.25, 0.3) is 0 Å². The fourth-order valence-electron chi connectivity index (χ4n) is 1.79. The van der Waals surface area contributed by atoms with Crippen LogP contribution in [0.5, 0.6) is 0 Å². The predicted molar refractivity (Wildman–Crippen MR) is 72.7 cm³/mol. The van der Waals surface area contributed by atoms with E-state index in [1.807, 2.05) is 0 Å². The molecular formula is C15H23N. The van der Waals surface area contributed by atoms with Gasteiger partial charge in [-0.25, -0.2) is 0 Å². The number of allylic oxidation sites excluding steroid dienone is 4. The summed E-state index contributed by atoms with van der Waals surface area (Å²) in [5.41, 5.74) is 4.83. The molecule has 0 aromatic carbocycles. The van der Waals surface area contributed by atoms with Gasteiger partial charge in [-0.05, 0) is 36.0 Å². The second-order valence-corrected chi connectivity index (χ2v) is 5.01. The maximum Gasteiger partial charge on any atom is 0.0661 e. The van der Waals surface area contributed by atoms with Crippen LogP contribution in [0.2, 0.25) is 0 Å². The lowest BCUT2D eigenvalue weighted by Gasteiger charge is -2.06. The van der Waals surface area contributed by atoms with Crippen LogP contribution >= 0.6 is 0 Å². The molecule has 1 rings (SSSR count). The highest BCUT2D eigenvalue weighted by atomic mass is 14.8. The van der Waals surface area contributed by atoms with Crippen LogP contribution in [-0.2, 0) is 0 Å². The number of aliphatic imine (C=N–C) groups is 1. The van der Waals surface area contributed by atoms with Crippen LogP contribution in [0.1, 0.15) is 41.0 Å². The first-order chi connectivity index (χ1) is 7.45. The van der Waals surface area contributed by atoms with Gasteiger partial charge in [-0.1, -0.05) is 40.3 Å². The molecule has 0 unspecified atom stereocenters. The lowest BCUT2D eigenvalue weighted by Crippen LogP contribution is -2.02. The van der Waals surface area contributed by atoms with Crippen molar-refractivity contribution in [3.8, 4) is 0 Å². The average molecular weight is 217 g/mol. The van der Waals surface area contributed by atoms with Crippen LogP contribution in [-0.4, -0.2) is 5.71 Å². The van der Waals surface area contributed by atoms with Gasteiger partial charge in [-0.3, -0.25) is 4.99 Å². The predicted octanol–water partition coefficient (Wildman–Crippen LogP) is 4.53. The lowest BCUT2D eigenvalue weighted by atomic mass is 9.99. The van der Waals surface area contributed by atoms with E-state index in [4.69, 9.17) is 0 Å². The quantitative estimate of drug-likeness (QED) is 0.658. The van der Waals surface area contributed by atoms with Crippen molar-refractivity contribution < 1.29 is 0 Å². The van der Waals surface area contributed by atoms with Crippen LogP contribution in [0.15, 0.2) is 40.6 Å². The SMILES string of the molecule is C=C1CC(C(C)C)=N/C1=C/C(=C\C)C(C)C. The van der Waals surface area contributed by atoms with Crippen molar-refractivity contribution in [2.45, 2.75) is 41.0 Å². The highest BCUT2D eigenvalue weighted by molar-refractivity contribution is 5.93. The van der Waals surface area contributed by atoms with Crippen molar-refractivity contribution >= 4 is 5.71 Å². The van der Waals surface area contributed by atoms with E-state index in [2.05, 4.69) is 58.3 Å². The van der Waals surface area contributed by atoms with E-state index in [9.17, 15) is 0 Å². The second-order valence-electron chi connectivity index (χ2n) is 5.01. The number of nitrogens with zero attached hydrogens (tertiary/aromatic N) is 1. The van der Waals surface area contributed by atoms with Gasteiger partial charge in [0.1, 0.15) is 0 Å². The molecule has 1 nitrogen and oxygen atoms in total. The molecule has 0 aromatic rings. The Morgan fingerprint density at radius 1 is 1.31 bits per heavy atom. The molecule has 0 N–H and O–H groups in total. The Morgan fingerprint density at radius 2 is 1.94 bits per heavy atom. The van der Waals surface area contributed by atoms with E-state index in [-0.39, 0.29) is 0 Å². The van der Waals surface area contributed by atoms with Gasteiger partial charge in [0.2, 0.25) is 0 Å². The number of hydrogen-bond acceptors (Lipinski definition) is 1. The Balaban J connectivity index is 2.97. The van der Waals surface area contributed by atoms with Crippen molar-refractivity contribution in [1.29, 1.82) is 0 Å². The Morgan fingerprint density at radius 3 is 2.31 bits per heavy atom.